The molecule has 0 N–H and O–H groups in total. The summed E-state index contributed by atoms with van der Waals surface area (Å²) < 4.78 is 2.18. The molecule has 0 saturated heterocycles. The minimum absolute atomic E-state index is 0.251. The Morgan fingerprint density at radius 2 is 1.67 bits per heavy atom. The first-order valence-electron chi connectivity index (χ1n) is 3.97. The van der Waals surface area contributed by atoms with Gasteiger partial charge in [-0.15, -0.1) is 0 Å². The van der Waals surface area contributed by atoms with Crippen LogP contribution in [-0.2, 0) is 0 Å². The Kier molecular flexibility index (Phi) is 5.31. The summed E-state index contributed by atoms with van der Waals surface area (Å²) in [6.45, 7) is 2.02. The van der Waals surface area contributed by atoms with E-state index in [1.807, 2.05) is 40.1 Å². The molecule has 0 fully saturated rings. The molecule has 0 amide bonds. The molecule has 0 saturated carbocycles. The quantitative estimate of drug-likeness (QED) is 0.274. The summed E-state index contributed by atoms with van der Waals surface area (Å²) in [5.74, 6) is 3.23. The molecule has 0 rings (SSSR count). The first kappa shape index (κ1) is 11.8. The molecule has 0 radical (unpaired) electrons. The van der Waals surface area contributed by atoms with Crippen LogP contribution in [0.3, 0.4) is 0 Å². The topological polar surface area (TPSA) is 22.1 Å². The molecule has 0 atom stereocenters. The molecule has 68 valence electrons. The fraction of sp³-hybridized carbons (Fsp3) is 0.857. The van der Waals surface area contributed by atoms with Crippen LogP contribution >= 0.6 is 0 Å². The molecule has 0 spiro atoms. The van der Waals surface area contributed by atoms with Gasteiger partial charge in [-0.25, -0.2) is 0 Å². The molecular formula is C7H18AlN4+. The molecule has 0 aromatic rings. The van der Waals surface area contributed by atoms with E-state index in [-0.39, 0.29) is 15.4 Å². The number of amidine groups is 1. The molecule has 0 aliphatic heterocycles. The summed E-state index contributed by atoms with van der Waals surface area (Å²) >= 11 is 0.251. The van der Waals surface area contributed by atoms with Crippen molar-refractivity contribution in [3.63, 3.8) is 0 Å². The second kappa shape index (κ2) is 5.42. The van der Waals surface area contributed by atoms with E-state index in [0.717, 1.165) is 5.84 Å². The van der Waals surface area contributed by atoms with E-state index in [4.69, 9.17) is 0 Å². The van der Waals surface area contributed by atoms with Crippen molar-refractivity contribution < 1.29 is 0 Å². The molecule has 0 bridgehead atoms. The molecular weight excluding hydrogens is 167 g/mol. The van der Waals surface area contributed by atoms with Crippen molar-refractivity contribution in [2.75, 3.05) is 28.2 Å². The zero-order valence-corrected chi connectivity index (χ0v) is 10.0. The van der Waals surface area contributed by atoms with Gasteiger partial charge in [-0.05, 0) is 0 Å². The maximum atomic E-state index is 4.32. The van der Waals surface area contributed by atoms with Crippen LogP contribution in [0.5, 0.6) is 0 Å². The van der Waals surface area contributed by atoms with Gasteiger partial charge >= 0.3 is 81.3 Å². The third kappa shape index (κ3) is 3.96. The second-order valence-corrected chi connectivity index (χ2v) is 3.95. The molecule has 0 unspecified atom stereocenters. The van der Waals surface area contributed by atoms with E-state index in [9.17, 15) is 0 Å². The van der Waals surface area contributed by atoms with Crippen LogP contribution < -0.4 is 0 Å². The van der Waals surface area contributed by atoms with Gasteiger partial charge in [-0.1, -0.05) is 0 Å². The first-order valence-corrected chi connectivity index (χ1v) is 5.64. The van der Waals surface area contributed by atoms with Crippen LogP contribution in [0.4, 0.5) is 0 Å². The number of rotatable bonds is 3. The van der Waals surface area contributed by atoms with Gasteiger partial charge in [0.05, 0.1) is 0 Å². The summed E-state index contributed by atoms with van der Waals surface area (Å²) in [6, 6.07) is 0. The summed E-state index contributed by atoms with van der Waals surface area (Å²) in [7, 11) is 7.93. The summed E-state index contributed by atoms with van der Waals surface area (Å²) in [5.41, 5.74) is 0. The van der Waals surface area contributed by atoms with E-state index in [2.05, 4.69) is 19.9 Å². The van der Waals surface area contributed by atoms with Gasteiger partial charge in [-0.3, -0.25) is 0 Å². The SMILES string of the molecule is [CH3][Al+][N](C(C)=NN(C)C)N(C)C. The van der Waals surface area contributed by atoms with Gasteiger partial charge in [0.25, 0.3) is 0 Å². The number of nitrogens with zero attached hydrogens (tertiary/aromatic N) is 4. The predicted molar refractivity (Wildman–Crippen MR) is 53.9 cm³/mol. The monoisotopic (exact) mass is 185 g/mol. The Balaban J connectivity index is 4.30. The van der Waals surface area contributed by atoms with E-state index >= 15 is 0 Å². The first-order chi connectivity index (χ1) is 5.49. The van der Waals surface area contributed by atoms with Crippen molar-refractivity contribution in [3.8, 4) is 0 Å². The average molecular weight is 185 g/mol. The summed E-state index contributed by atoms with van der Waals surface area (Å²) in [4.78, 5) is 0. The van der Waals surface area contributed by atoms with Gasteiger partial charge in [0.15, 0.2) is 0 Å². The van der Waals surface area contributed by atoms with Crippen LogP contribution in [0.1, 0.15) is 6.92 Å². The number of hydrazone groups is 1. The number of hydrazine groups is 1. The predicted octanol–water partition coefficient (Wildman–Crippen LogP) is 0.327. The normalized spacial score (nSPS) is 11.4. The Hall–Kier alpha value is -0.238. The molecule has 4 nitrogen and oxygen atoms in total. The van der Waals surface area contributed by atoms with E-state index in [1.54, 1.807) is 0 Å². The summed E-state index contributed by atoms with van der Waals surface area (Å²) in [5, 5.41) is 8.21. The molecule has 0 aliphatic rings. The average Bonchev–Trinajstić information content (AvgIpc) is 1.85. The van der Waals surface area contributed by atoms with Crippen LogP contribution in [0.2, 0.25) is 5.79 Å². The fourth-order valence-electron chi connectivity index (χ4n) is 1.04. The van der Waals surface area contributed by atoms with Gasteiger partial charge in [0, 0.05) is 0 Å². The minimum atomic E-state index is 0.251. The number of hydrogen-bond donors (Lipinski definition) is 0. The van der Waals surface area contributed by atoms with Gasteiger partial charge in [-0.2, -0.15) is 0 Å². The molecule has 5 heteroatoms. The Labute approximate surface area is 81.7 Å². The zero-order chi connectivity index (χ0) is 9.72. The van der Waals surface area contributed by atoms with Crippen molar-refractivity contribution in [3.05, 3.63) is 0 Å². The van der Waals surface area contributed by atoms with Crippen LogP contribution in [0.15, 0.2) is 5.10 Å². The molecule has 0 aliphatic carbocycles. The zero-order valence-electron chi connectivity index (χ0n) is 8.87. The molecule has 0 aromatic heterocycles. The van der Waals surface area contributed by atoms with Crippen molar-refractivity contribution in [2.24, 2.45) is 5.10 Å². The van der Waals surface area contributed by atoms with Gasteiger partial charge < -0.3 is 0 Å². The molecule has 0 aromatic carbocycles. The van der Waals surface area contributed by atoms with Gasteiger partial charge in [0.1, 0.15) is 0 Å². The Morgan fingerprint density at radius 3 is 1.92 bits per heavy atom. The van der Waals surface area contributed by atoms with Crippen molar-refractivity contribution in [2.45, 2.75) is 12.7 Å². The van der Waals surface area contributed by atoms with Crippen LogP contribution in [0.25, 0.3) is 0 Å². The Bertz CT molecular complexity index is 155. The van der Waals surface area contributed by atoms with E-state index in [1.165, 1.54) is 0 Å². The third-order valence-corrected chi connectivity index (χ3v) is 2.68. The van der Waals surface area contributed by atoms with Gasteiger partial charge in [0.2, 0.25) is 0 Å². The standard InChI is InChI=1S/C6H15N4.CH3.Al/c1-6(7-9(2)3)8-10(4)5;;/h1-5H3;1H3;/q-1;;+2. The summed E-state index contributed by atoms with van der Waals surface area (Å²) in [6.07, 6.45) is 0. The Morgan fingerprint density at radius 1 is 1.17 bits per heavy atom. The fourth-order valence-corrected chi connectivity index (χ4v) is 1.93. The van der Waals surface area contributed by atoms with Crippen molar-refractivity contribution in [1.82, 2.24) is 14.0 Å². The van der Waals surface area contributed by atoms with E-state index < -0.39 is 0 Å². The van der Waals surface area contributed by atoms with Crippen LogP contribution in [0, 0.1) is 0 Å². The third-order valence-electron chi connectivity index (χ3n) is 1.35. The number of hydrogen-bond acceptors (Lipinski definition) is 3. The maximum absolute atomic E-state index is 4.32. The van der Waals surface area contributed by atoms with Crippen molar-refractivity contribution >= 4 is 21.3 Å². The molecule has 0 heterocycles. The second-order valence-electron chi connectivity index (χ2n) is 2.94. The molecule has 12 heavy (non-hydrogen) atoms. The van der Waals surface area contributed by atoms with E-state index in [0.29, 0.717) is 0 Å². The van der Waals surface area contributed by atoms with Crippen LogP contribution in [-0.4, -0.2) is 63.5 Å². The van der Waals surface area contributed by atoms with Crippen molar-refractivity contribution in [1.29, 1.82) is 0 Å².